The molecule has 1 aliphatic rings. The van der Waals surface area contributed by atoms with E-state index in [0.29, 0.717) is 0 Å². The number of allylic oxidation sites excluding steroid dienone is 8. The van der Waals surface area contributed by atoms with Crippen LogP contribution >= 0.6 is 0 Å². The maximum atomic E-state index is 3.32. The van der Waals surface area contributed by atoms with Crippen LogP contribution in [0.1, 0.15) is 38.5 Å². The second-order valence-electron chi connectivity index (χ2n) is 3.48. The minimum atomic E-state index is 1.01. The van der Waals surface area contributed by atoms with Crippen molar-refractivity contribution >= 4 is 0 Å². The van der Waals surface area contributed by atoms with Gasteiger partial charge in [-0.1, -0.05) is 49.0 Å². The van der Waals surface area contributed by atoms with Gasteiger partial charge in [0.25, 0.3) is 0 Å². The van der Waals surface area contributed by atoms with Crippen molar-refractivity contribution in [1.29, 1.82) is 0 Å². The van der Waals surface area contributed by atoms with Gasteiger partial charge in [-0.25, -0.2) is 0 Å². The van der Waals surface area contributed by atoms with Gasteiger partial charge in [0.1, 0.15) is 0 Å². The fourth-order valence-corrected chi connectivity index (χ4v) is 1.38. The van der Waals surface area contributed by atoms with Gasteiger partial charge in [0.05, 0.1) is 0 Å². The molecule has 0 atom stereocenters. The molecule has 0 amide bonds. The Morgan fingerprint density at radius 3 is 2.57 bits per heavy atom. The molecule has 0 nitrogen and oxygen atoms in total. The Morgan fingerprint density at radius 2 is 1.64 bits per heavy atom. The molecule has 0 unspecified atom stereocenters. The van der Waals surface area contributed by atoms with Crippen LogP contribution in [0.15, 0.2) is 42.5 Å². The van der Waals surface area contributed by atoms with E-state index in [4.69, 9.17) is 0 Å². The molecule has 0 spiro atoms. The summed E-state index contributed by atoms with van der Waals surface area (Å²) in [6.07, 6.45) is 25.5. The van der Waals surface area contributed by atoms with Crippen LogP contribution in [0.4, 0.5) is 0 Å². The molecule has 0 aromatic rings. The highest BCUT2D eigenvalue weighted by Crippen LogP contribution is 2.04. The van der Waals surface area contributed by atoms with Gasteiger partial charge in [0.2, 0.25) is 0 Å². The molecule has 0 aliphatic heterocycles. The van der Waals surface area contributed by atoms with E-state index in [2.05, 4.69) is 48.6 Å². The first-order valence-electron chi connectivity index (χ1n) is 5.53. The summed E-state index contributed by atoms with van der Waals surface area (Å²) in [7, 11) is 0. The minimum absolute atomic E-state index is 1.01. The minimum Gasteiger partial charge on any atom is -0.0845 e. The van der Waals surface area contributed by atoms with Crippen LogP contribution in [-0.4, -0.2) is 0 Å². The third-order valence-electron chi connectivity index (χ3n) is 2.20. The predicted octanol–water partition coefficient (Wildman–Crippen LogP) is 4.37. The SMILES string of the molecule is [C]1=C/C/C=C/C=C\C=C\CCCCC/1. The smallest absolute Gasteiger partial charge is 0.0160 e. The molecule has 0 aromatic heterocycles. The zero-order valence-corrected chi connectivity index (χ0v) is 8.78. The molecule has 1 radical (unpaired) electrons. The van der Waals surface area contributed by atoms with E-state index in [-0.39, 0.29) is 0 Å². The number of hydrogen-bond acceptors (Lipinski definition) is 0. The first-order chi connectivity index (χ1) is 7.00. The van der Waals surface area contributed by atoms with Gasteiger partial charge in [-0.15, -0.1) is 0 Å². The average molecular weight is 187 g/mol. The average Bonchev–Trinajstić information content (AvgIpc) is 2.22. The third kappa shape index (κ3) is 6.47. The van der Waals surface area contributed by atoms with Crippen molar-refractivity contribution in [3.05, 3.63) is 48.6 Å². The fourth-order valence-electron chi connectivity index (χ4n) is 1.38. The molecule has 75 valence electrons. The lowest BCUT2D eigenvalue weighted by atomic mass is 10.1. The Bertz CT molecular complexity index is 228. The molecule has 0 heterocycles. The van der Waals surface area contributed by atoms with E-state index < -0.39 is 0 Å². The van der Waals surface area contributed by atoms with Crippen molar-refractivity contribution in [3.8, 4) is 0 Å². The standard InChI is InChI=1S/C14H19/c1-2-4-6-8-10-12-14-13-11-9-7-5-3-1/h1-6,9H,7-8,10,12-14H2/b2-1-,5-3+,6-4+,11-9?. The monoisotopic (exact) mass is 187 g/mol. The van der Waals surface area contributed by atoms with Crippen LogP contribution in [0, 0.1) is 6.08 Å². The largest absolute Gasteiger partial charge is 0.0845 e. The molecule has 0 saturated heterocycles. The molecule has 0 fully saturated rings. The summed E-state index contributed by atoms with van der Waals surface area (Å²) >= 11 is 0. The Kier molecular flexibility index (Phi) is 6.74. The fraction of sp³-hybridized carbons (Fsp3) is 0.429. The molecule has 1 rings (SSSR count). The molecular formula is C14H19. The van der Waals surface area contributed by atoms with E-state index in [0.717, 1.165) is 12.8 Å². The van der Waals surface area contributed by atoms with E-state index in [1.165, 1.54) is 25.7 Å². The third-order valence-corrected chi connectivity index (χ3v) is 2.20. The van der Waals surface area contributed by atoms with Gasteiger partial charge in [-0.3, -0.25) is 0 Å². The summed E-state index contributed by atoms with van der Waals surface area (Å²) in [5, 5.41) is 0. The second kappa shape index (κ2) is 8.55. The van der Waals surface area contributed by atoms with E-state index in [1.54, 1.807) is 0 Å². The molecule has 1 aliphatic carbocycles. The summed E-state index contributed by atoms with van der Waals surface area (Å²) in [5.74, 6) is 0. The quantitative estimate of drug-likeness (QED) is 0.528. The summed E-state index contributed by atoms with van der Waals surface area (Å²) in [6.45, 7) is 0. The second-order valence-corrected chi connectivity index (χ2v) is 3.48. The van der Waals surface area contributed by atoms with Crippen LogP contribution in [0.5, 0.6) is 0 Å². The Labute approximate surface area is 87.7 Å². The number of hydrogen-bond donors (Lipinski definition) is 0. The zero-order valence-electron chi connectivity index (χ0n) is 8.78. The summed E-state index contributed by atoms with van der Waals surface area (Å²) < 4.78 is 0. The van der Waals surface area contributed by atoms with Gasteiger partial charge in [0.15, 0.2) is 0 Å². The van der Waals surface area contributed by atoms with E-state index in [1.807, 2.05) is 0 Å². The van der Waals surface area contributed by atoms with Crippen LogP contribution in [0.25, 0.3) is 0 Å². The van der Waals surface area contributed by atoms with Crippen LogP contribution in [-0.2, 0) is 0 Å². The topological polar surface area (TPSA) is 0 Å². The van der Waals surface area contributed by atoms with E-state index >= 15 is 0 Å². The Morgan fingerprint density at radius 1 is 0.786 bits per heavy atom. The highest BCUT2D eigenvalue weighted by Gasteiger charge is 1.85. The molecule has 0 heteroatoms. The van der Waals surface area contributed by atoms with Gasteiger partial charge in [-0.05, 0) is 38.2 Å². The lowest BCUT2D eigenvalue weighted by Crippen LogP contribution is -1.75. The molecule has 0 N–H and O–H groups in total. The molecular weight excluding hydrogens is 168 g/mol. The highest BCUT2D eigenvalue weighted by atomic mass is 13.9. The first-order valence-corrected chi connectivity index (χ1v) is 5.53. The first kappa shape index (κ1) is 11.0. The summed E-state index contributed by atoms with van der Waals surface area (Å²) in [6, 6.07) is 0. The Hall–Kier alpha value is -1.04. The van der Waals surface area contributed by atoms with Crippen molar-refractivity contribution in [2.75, 3.05) is 0 Å². The van der Waals surface area contributed by atoms with Gasteiger partial charge < -0.3 is 0 Å². The normalized spacial score (nSPS) is 28.6. The lowest BCUT2D eigenvalue weighted by Gasteiger charge is -1.94. The Balaban J connectivity index is 2.36. The molecule has 14 heavy (non-hydrogen) atoms. The van der Waals surface area contributed by atoms with Crippen molar-refractivity contribution in [3.63, 3.8) is 0 Å². The van der Waals surface area contributed by atoms with E-state index in [9.17, 15) is 0 Å². The van der Waals surface area contributed by atoms with Crippen molar-refractivity contribution < 1.29 is 0 Å². The van der Waals surface area contributed by atoms with Gasteiger partial charge in [-0.2, -0.15) is 0 Å². The zero-order chi connectivity index (χ0) is 9.90. The van der Waals surface area contributed by atoms with Crippen LogP contribution < -0.4 is 0 Å². The van der Waals surface area contributed by atoms with Crippen molar-refractivity contribution in [2.45, 2.75) is 38.5 Å². The van der Waals surface area contributed by atoms with Crippen molar-refractivity contribution in [2.24, 2.45) is 0 Å². The number of rotatable bonds is 0. The van der Waals surface area contributed by atoms with Crippen molar-refractivity contribution in [1.82, 2.24) is 0 Å². The maximum absolute atomic E-state index is 3.32. The molecule has 0 saturated carbocycles. The van der Waals surface area contributed by atoms with Gasteiger partial charge >= 0.3 is 0 Å². The highest BCUT2D eigenvalue weighted by molar-refractivity contribution is 5.11. The molecule has 0 bridgehead atoms. The summed E-state index contributed by atoms with van der Waals surface area (Å²) in [4.78, 5) is 0. The summed E-state index contributed by atoms with van der Waals surface area (Å²) in [5.41, 5.74) is 0. The van der Waals surface area contributed by atoms with Crippen LogP contribution in [0.2, 0.25) is 0 Å². The van der Waals surface area contributed by atoms with Gasteiger partial charge in [0, 0.05) is 0 Å². The predicted molar refractivity (Wildman–Crippen MR) is 62.9 cm³/mol. The molecule has 0 aromatic carbocycles. The van der Waals surface area contributed by atoms with Crippen LogP contribution in [0.3, 0.4) is 0 Å². The lowest BCUT2D eigenvalue weighted by molar-refractivity contribution is 0.690. The maximum Gasteiger partial charge on any atom is -0.0160 e.